The zero-order chi connectivity index (χ0) is 9.80. The summed E-state index contributed by atoms with van der Waals surface area (Å²) in [4.78, 5) is 4.15. The van der Waals surface area contributed by atoms with E-state index in [4.69, 9.17) is 4.52 Å². The summed E-state index contributed by atoms with van der Waals surface area (Å²) in [5, 5.41) is 7.29. The lowest BCUT2D eigenvalue weighted by Crippen LogP contribution is -2.33. The highest BCUT2D eigenvalue weighted by Crippen LogP contribution is 2.16. The molecule has 1 saturated heterocycles. The lowest BCUT2D eigenvalue weighted by Gasteiger charge is -2.21. The van der Waals surface area contributed by atoms with Gasteiger partial charge in [-0.15, -0.1) is 0 Å². The third-order valence-corrected chi connectivity index (χ3v) is 3.49. The van der Waals surface area contributed by atoms with Crippen LogP contribution in [0.4, 0.5) is 0 Å². The molecule has 0 spiro atoms. The fourth-order valence-electron chi connectivity index (χ4n) is 1.55. The molecule has 0 aliphatic carbocycles. The van der Waals surface area contributed by atoms with E-state index >= 15 is 0 Å². The first-order valence-corrected chi connectivity index (χ1v) is 6.10. The molecule has 0 unspecified atom stereocenters. The predicted molar refractivity (Wildman–Crippen MR) is 56.2 cm³/mol. The molecular weight excluding hydrogens is 198 g/mol. The van der Waals surface area contributed by atoms with Gasteiger partial charge in [0.2, 0.25) is 5.89 Å². The van der Waals surface area contributed by atoms with Crippen LogP contribution in [0.2, 0.25) is 0 Å². The molecule has 0 amide bonds. The summed E-state index contributed by atoms with van der Waals surface area (Å²) in [6, 6.07) is 0.618. The van der Waals surface area contributed by atoms with Crippen molar-refractivity contribution in [2.24, 2.45) is 0 Å². The van der Waals surface area contributed by atoms with E-state index in [9.17, 15) is 0 Å². The number of hydrogen-bond acceptors (Lipinski definition) is 5. The first-order chi connectivity index (χ1) is 6.84. The van der Waals surface area contributed by atoms with Crippen molar-refractivity contribution in [1.29, 1.82) is 0 Å². The predicted octanol–water partition coefficient (Wildman–Crippen LogP) is 1.36. The molecule has 2 rings (SSSR count). The quantitative estimate of drug-likeness (QED) is 0.821. The van der Waals surface area contributed by atoms with Gasteiger partial charge in [0.15, 0.2) is 5.82 Å². The fraction of sp³-hybridized carbons (Fsp3) is 0.778. The molecule has 0 saturated carbocycles. The molecule has 1 aromatic heterocycles. The first kappa shape index (κ1) is 9.98. The van der Waals surface area contributed by atoms with Gasteiger partial charge in [-0.05, 0) is 18.6 Å². The third-order valence-electron chi connectivity index (χ3n) is 2.28. The molecule has 0 radical (unpaired) electrons. The molecule has 78 valence electrons. The minimum Gasteiger partial charge on any atom is -0.340 e. The second-order valence-corrected chi connectivity index (χ2v) is 4.67. The molecule has 5 heteroatoms. The minimum absolute atomic E-state index is 0.618. The van der Waals surface area contributed by atoms with Gasteiger partial charge in [-0.25, -0.2) is 0 Å². The van der Waals surface area contributed by atoms with Gasteiger partial charge < -0.3 is 9.84 Å². The highest BCUT2D eigenvalue weighted by molar-refractivity contribution is 7.99. The van der Waals surface area contributed by atoms with E-state index in [-0.39, 0.29) is 0 Å². The number of aromatic nitrogens is 2. The molecule has 1 aliphatic rings. The van der Waals surface area contributed by atoms with E-state index in [0.717, 1.165) is 12.4 Å². The smallest absolute Gasteiger partial charge is 0.223 e. The maximum Gasteiger partial charge on any atom is 0.223 e. The molecule has 2 heterocycles. The van der Waals surface area contributed by atoms with Crippen molar-refractivity contribution < 1.29 is 4.52 Å². The molecular formula is C9H15N3OS. The summed E-state index contributed by atoms with van der Waals surface area (Å²) in [5.41, 5.74) is 0. The molecule has 0 bridgehead atoms. The highest BCUT2D eigenvalue weighted by atomic mass is 32.2. The Bertz CT molecular complexity index is 283. The van der Waals surface area contributed by atoms with Crippen molar-refractivity contribution in [3.8, 4) is 0 Å². The monoisotopic (exact) mass is 213 g/mol. The molecule has 1 aromatic rings. The lowest BCUT2D eigenvalue weighted by molar-refractivity contribution is 0.383. The van der Waals surface area contributed by atoms with Crippen LogP contribution in [0.3, 0.4) is 0 Å². The molecule has 1 fully saturated rings. The first-order valence-electron chi connectivity index (χ1n) is 4.95. The third kappa shape index (κ3) is 2.72. The van der Waals surface area contributed by atoms with Crippen LogP contribution < -0.4 is 5.32 Å². The van der Waals surface area contributed by atoms with Crippen molar-refractivity contribution in [2.45, 2.75) is 32.4 Å². The number of nitrogens with one attached hydrogen (secondary N) is 1. The molecule has 14 heavy (non-hydrogen) atoms. The zero-order valence-electron chi connectivity index (χ0n) is 8.32. The Hall–Kier alpha value is -0.550. The van der Waals surface area contributed by atoms with E-state index in [0.29, 0.717) is 11.9 Å². The standard InChI is InChI=1S/C9H15N3OS/c1-7-11-9(12-13-7)5-10-8-3-2-4-14-6-8/h8,10H,2-6H2,1H3/t8-/m0/s1. The molecule has 0 aromatic carbocycles. The Morgan fingerprint density at radius 1 is 1.64 bits per heavy atom. The summed E-state index contributed by atoms with van der Waals surface area (Å²) in [5.74, 6) is 3.91. The van der Waals surface area contributed by atoms with Gasteiger partial charge in [0.1, 0.15) is 0 Å². The molecule has 1 N–H and O–H groups in total. The van der Waals surface area contributed by atoms with Gasteiger partial charge in [0.05, 0.1) is 6.54 Å². The van der Waals surface area contributed by atoms with Crippen molar-refractivity contribution in [1.82, 2.24) is 15.5 Å². The Morgan fingerprint density at radius 3 is 3.21 bits per heavy atom. The largest absolute Gasteiger partial charge is 0.340 e. The Kier molecular flexibility index (Phi) is 3.42. The topological polar surface area (TPSA) is 51.0 Å². The van der Waals surface area contributed by atoms with E-state index in [1.165, 1.54) is 24.3 Å². The Morgan fingerprint density at radius 2 is 2.57 bits per heavy atom. The van der Waals surface area contributed by atoms with Crippen LogP contribution >= 0.6 is 11.8 Å². The van der Waals surface area contributed by atoms with Crippen LogP contribution in [-0.4, -0.2) is 27.7 Å². The van der Waals surface area contributed by atoms with Crippen LogP contribution in [0.1, 0.15) is 24.6 Å². The van der Waals surface area contributed by atoms with E-state index in [1.54, 1.807) is 0 Å². The van der Waals surface area contributed by atoms with Crippen molar-refractivity contribution in [3.05, 3.63) is 11.7 Å². The number of aryl methyl sites for hydroxylation is 1. The van der Waals surface area contributed by atoms with Crippen LogP contribution in [0.25, 0.3) is 0 Å². The van der Waals surface area contributed by atoms with E-state index < -0.39 is 0 Å². The fourth-order valence-corrected chi connectivity index (χ4v) is 2.66. The minimum atomic E-state index is 0.618. The van der Waals surface area contributed by atoms with Gasteiger partial charge in [-0.2, -0.15) is 16.7 Å². The number of rotatable bonds is 3. The van der Waals surface area contributed by atoms with Crippen molar-refractivity contribution in [3.63, 3.8) is 0 Å². The number of hydrogen-bond donors (Lipinski definition) is 1. The highest BCUT2D eigenvalue weighted by Gasteiger charge is 2.13. The summed E-state index contributed by atoms with van der Waals surface area (Å²) in [6.45, 7) is 2.54. The summed E-state index contributed by atoms with van der Waals surface area (Å²) >= 11 is 2.02. The summed E-state index contributed by atoms with van der Waals surface area (Å²) in [7, 11) is 0. The summed E-state index contributed by atoms with van der Waals surface area (Å²) < 4.78 is 4.90. The second kappa shape index (κ2) is 4.79. The SMILES string of the molecule is Cc1nc(CN[C@H]2CCCSC2)no1. The van der Waals surface area contributed by atoms with Crippen molar-refractivity contribution in [2.75, 3.05) is 11.5 Å². The van der Waals surface area contributed by atoms with Gasteiger partial charge >= 0.3 is 0 Å². The van der Waals surface area contributed by atoms with Crippen LogP contribution in [0, 0.1) is 6.92 Å². The maximum absolute atomic E-state index is 4.90. The Balaban J connectivity index is 1.76. The average Bonchev–Trinajstić information content (AvgIpc) is 2.63. The van der Waals surface area contributed by atoms with E-state index in [2.05, 4.69) is 15.5 Å². The maximum atomic E-state index is 4.90. The van der Waals surface area contributed by atoms with Gasteiger partial charge in [-0.1, -0.05) is 5.16 Å². The second-order valence-electron chi connectivity index (χ2n) is 3.52. The van der Waals surface area contributed by atoms with Crippen LogP contribution in [-0.2, 0) is 6.54 Å². The van der Waals surface area contributed by atoms with E-state index in [1.807, 2.05) is 18.7 Å². The van der Waals surface area contributed by atoms with Gasteiger partial charge in [0, 0.05) is 18.7 Å². The van der Waals surface area contributed by atoms with Crippen LogP contribution in [0.15, 0.2) is 4.52 Å². The van der Waals surface area contributed by atoms with Gasteiger partial charge in [-0.3, -0.25) is 0 Å². The number of nitrogens with zero attached hydrogens (tertiary/aromatic N) is 2. The lowest BCUT2D eigenvalue weighted by atomic mass is 10.2. The number of thioether (sulfide) groups is 1. The summed E-state index contributed by atoms with van der Waals surface area (Å²) in [6.07, 6.45) is 2.58. The molecule has 4 nitrogen and oxygen atoms in total. The Labute approximate surface area is 87.8 Å². The molecule has 1 atom stereocenters. The molecule has 1 aliphatic heterocycles. The van der Waals surface area contributed by atoms with Gasteiger partial charge in [0.25, 0.3) is 0 Å². The zero-order valence-corrected chi connectivity index (χ0v) is 9.14. The average molecular weight is 213 g/mol. The van der Waals surface area contributed by atoms with Crippen molar-refractivity contribution >= 4 is 11.8 Å². The normalized spacial score (nSPS) is 22.5. The van der Waals surface area contributed by atoms with Crippen LogP contribution in [0.5, 0.6) is 0 Å².